The minimum Gasteiger partial charge on any atom is -0.423 e. The summed E-state index contributed by atoms with van der Waals surface area (Å²) in [5, 5.41) is 0. The van der Waals surface area contributed by atoms with Gasteiger partial charge in [0.15, 0.2) is 11.6 Å². The fraction of sp³-hybridized carbons (Fsp3) is 0.400. The molecule has 0 bridgehead atoms. The molecule has 1 unspecified atom stereocenters. The highest BCUT2D eigenvalue weighted by molar-refractivity contribution is 5.98. The van der Waals surface area contributed by atoms with E-state index in [0.29, 0.717) is 22.7 Å². The van der Waals surface area contributed by atoms with Gasteiger partial charge in [-0.05, 0) is 61.2 Å². The maximum atomic E-state index is 12.5. The Labute approximate surface area is 209 Å². The van der Waals surface area contributed by atoms with Gasteiger partial charge in [0.2, 0.25) is 0 Å². The number of hydrogen-bond acceptors (Lipinski definition) is 5. The van der Waals surface area contributed by atoms with Crippen molar-refractivity contribution in [3.8, 4) is 17.1 Å². The molecule has 0 N–H and O–H groups in total. The number of ketones is 1. The molecule has 0 fully saturated rings. The van der Waals surface area contributed by atoms with Gasteiger partial charge in [-0.3, -0.25) is 4.79 Å². The van der Waals surface area contributed by atoms with Gasteiger partial charge in [-0.2, -0.15) is 0 Å². The maximum absolute atomic E-state index is 12.5. The Kier molecular flexibility index (Phi) is 10.1. The van der Waals surface area contributed by atoms with E-state index in [-0.39, 0.29) is 11.7 Å². The summed E-state index contributed by atoms with van der Waals surface area (Å²) in [4.78, 5) is 33.8. The van der Waals surface area contributed by atoms with Crippen molar-refractivity contribution in [1.29, 1.82) is 0 Å². The van der Waals surface area contributed by atoms with Crippen LogP contribution < -0.4 is 4.74 Å². The lowest BCUT2D eigenvalue weighted by Crippen LogP contribution is -2.11. The van der Waals surface area contributed by atoms with Crippen LogP contribution in [0.4, 0.5) is 0 Å². The Hall–Kier alpha value is -3.34. The SMILES string of the molecule is CCCCCCCCc1cnc(-c2ccc(C(=O)Oc3ccc(C(=O)C(C)CC)cc3)cc2)nc1. The Morgan fingerprint density at radius 1 is 0.800 bits per heavy atom. The number of Topliss-reactive ketones (excluding diaryl/α,β-unsaturated/α-hetero) is 1. The zero-order valence-electron chi connectivity index (χ0n) is 21.1. The zero-order valence-corrected chi connectivity index (χ0v) is 21.1. The second-order valence-corrected chi connectivity index (χ2v) is 9.10. The summed E-state index contributed by atoms with van der Waals surface area (Å²) in [7, 11) is 0. The fourth-order valence-corrected chi connectivity index (χ4v) is 3.82. The molecule has 0 aliphatic carbocycles. The lowest BCUT2D eigenvalue weighted by atomic mass is 9.97. The van der Waals surface area contributed by atoms with Gasteiger partial charge in [-0.15, -0.1) is 0 Å². The minimum atomic E-state index is -0.451. The molecule has 2 aromatic carbocycles. The Balaban J connectivity index is 1.53. The van der Waals surface area contributed by atoms with Crippen molar-refractivity contribution in [3.05, 3.63) is 77.6 Å². The first-order valence-electron chi connectivity index (χ1n) is 12.8. The van der Waals surface area contributed by atoms with E-state index in [4.69, 9.17) is 4.74 Å². The lowest BCUT2D eigenvalue weighted by Gasteiger charge is -2.09. The van der Waals surface area contributed by atoms with Gasteiger partial charge < -0.3 is 4.74 Å². The van der Waals surface area contributed by atoms with Crippen LogP contribution in [0.1, 0.15) is 92.0 Å². The number of aryl methyl sites for hydroxylation is 1. The Bertz CT molecular complexity index is 1070. The Morgan fingerprint density at radius 2 is 1.40 bits per heavy atom. The van der Waals surface area contributed by atoms with Gasteiger partial charge >= 0.3 is 5.97 Å². The van der Waals surface area contributed by atoms with Crippen LogP contribution in [0, 0.1) is 5.92 Å². The number of ether oxygens (including phenoxy) is 1. The fourth-order valence-electron chi connectivity index (χ4n) is 3.82. The summed E-state index contributed by atoms with van der Waals surface area (Å²) < 4.78 is 5.47. The topological polar surface area (TPSA) is 69.2 Å². The molecule has 184 valence electrons. The van der Waals surface area contributed by atoms with Crippen LogP contribution in [-0.2, 0) is 6.42 Å². The number of aromatic nitrogens is 2. The van der Waals surface area contributed by atoms with E-state index in [2.05, 4.69) is 16.9 Å². The number of esters is 1. The molecule has 0 aliphatic heterocycles. The van der Waals surface area contributed by atoms with E-state index in [9.17, 15) is 9.59 Å². The van der Waals surface area contributed by atoms with Crippen molar-refractivity contribution in [2.75, 3.05) is 0 Å². The van der Waals surface area contributed by atoms with E-state index in [0.717, 1.165) is 24.0 Å². The van der Waals surface area contributed by atoms with Gasteiger partial charge in [0.05, 0.1) is 5.56 Å². The van der Waals surface area contributed by atoms with E-state index >= 15 is 0 Å². The van der Waals surface area contributed by atoms with E-state index in [1.165, 1.54) is 38.5 Å². The normalized spacial score (nSPS) is 11.7. The molecule has 1 aromatic heterocycles. The summed E-state index contributed by atoms with van der Waals surface area (Å²) in [6.45, 7) is 6.13. The standard InChI is InChI=1S/C30H36N2O3/c1-4-6-7-8-9-10-11-23-20-31-29(32-21-23)25-12-14-26(15-13-25)30(34)35-27-18-16-24(17-19-27)28(33)22(3)5-2/h12-22H,4-11H2,1-3H3. The largest absolute Gasteiger partial charge is 0.423 e. The van der Waals surface area contributed by atoms with Crippen molar-refractivity contribution in [2.24, 2.45) is 5.92 Å². The molecule has 0 amide bonds. The molecule has 5 nitrogen and oxygen atoms in total. The predicted octanol–water partition coefficient (Wildman–Crippen LogP) is 7.49. The first-order valence-corrected chi connectivity index (χ1v) is 12.8. The van der Waals surface area contributed by atoms with Crippen LogP contribution in [-0.4, -0.2) is 21.7 Å². The highest BCUT2D eigenvalue weighted by Gasteiger charge is 2.14. The molecule has 0 saturated carbocycles. The van der Waals surface area contributed by atoms with Gasteiger partial charge in [0.1, 0.15) is 5.75 Å². The van der Waals surface area contributed by atoms with E-state index in [1.807, 2.05) is 38.4 Å². The second-order valence-electron chi connectivity index (χ2n) is 9.10. The van der Waals surface area contributed by atoms with Crippen molar-refractivity contribution in [1.82, 2.24) is 9.97 Å². The van der Waals surface area contributed by atoms with E-state index in [1.54, 1.807) is 36.4 Å². The van der Waals surface area contributed by atoms with Gasteiger partial charge in [0.25, 0.3) is 0 Å². The molecular weight excluding hydrogens is 436 g/mol. The molecule has 1 heterocycles. The molecule has 0 saturated heterocycles. The molecule has 3 aromatic rings. The van der Waals surface area contributed by atoms with Gasteiger partial charge in [0, 0.05) is 29.4 Å². The third-order valence-electron chi connectivity index (χ3n) is 6.31. The molecular formula is C30H36N2O3. The van der Waals surface area contributed by atoms with Crippen molar-refractivity contribution in [3.63, 3.8) is 0 Å². The van der Waals surface area contributed by atoms with Crippen LogP contribution in [0.25, 0.3) is 11.4 Å². The molecule has 0 spiro atoms. The van der Waals surface area contributed by atoms with Crippen molar-refractivity contribution in [2.45, 2.75) is 72.1 Å². The van der Waals surface area contributed by atoms with Crippen molar-refractivity contribution < 1.29 is 14.3 Å². The number of rotatable bonds is 13. The smallest absolute Gasteiger partial charge is 0.343 e. The quantitative estimate of drug-likeness (QED) is 0.111. The van der Waals surface area contributed by atoms with E-state index < -0.39 is 5.97 Å². The summed E-state index contributed by atoms with van der Waals surface area (Å²) in [6.07, 6.45) is 13.2. The van der Waals surface area contributed by atoms with Crippen LogP contribution in [0.15, 0.2) is 60.9 Å². The summed E-state index contributed by atoms with van der Waals surface area (Å²) >= 11 is 0. The van der Waals surface area contributed by atoms with Crippen LogP contribution in [0.3, 0.4) is 0 Å². The van der Waals surface area contributed by atoms with Gasteiger partial charge in [-0.1, -0.05) is 65.0 Å². The molecule has 35 heavy (non-hydrogen) atoms. The van der Waals surface area contributed by atoms with Crippen molar-refractivity contribution >= 4 is 11.8 Å². The third kappa shape index (κ3) is 7.84. The number of nitrogens with zero attached hydrogens (tertiary/aromatic N) is 2. The molecule has 3 rings (SSSR count). The molecule has 0 aliphatic rings. The molecule has 5 heteroatoms. The number of hydrogen-bond donors (Lipinski definition) is 0. The average Bonchev–Trinajstić information content (AvgIpc) is 2.90. The predicted molar refractivity (Wildman–Crippen MR) is 140 cm³/mol. The first-order chi connectivity index (χ1) is 17.0. The minimum absolute atomic E-state index is 0.0255. The Morgan fingerprint density at radius 3 is 2.03 bits per heavy atom. The second kappa shape index (κ2) is 13.5. The van der Waals surface area contributed by atoms with Gasteiger partial charge in [-0.25, -0.2) is 14.8 Å². The average molecular weight is 473 g/mol. The third-order valence-corrected chi connectivity index (χ3v) is 6.31. The lowest BCUT2D eigenvalue weighted by molar-refractivity contribution is 0.0734. The highest BCUT2D eigenvalue weighted by Crippen LogP contribution is 2.20. The summed E-state index contributed by atoms with van der Waals surface area (Å²) in [6, 6.07) is 13.8. The highest BCUT2D eigenvalue weighted by atomic mass is 16.5. The number of carbonyl (C=O) groups is 2. The monoisotopic (exact) mass is 472 g/mol. The van der Waals surface area contributed by atoms with Crippen LogP contribution in [0.5, 0.6) is 5.75 Å². The van der Waals surface area contributed by atoms with Crippen LogP contribution >= 0.6 is 0 Å². The summed E-state index contributed by atoms with van der Waals surface area (Å²) in [5.41, 5.74) is 3.07. The number of carbonyl (C=O) groups excluding carboxylic acids is 2. The number of unbranched alkanes of at least 4 members (excludes halogenated alkanes) is 5. The molecule has 1 atom stereocenters. The summed E-state index contributed by atoms with van der Waals surface area (Å²) in [5.74, 6) is 0.663. The zero-order chi connectivity index (χ0) is 25.0. The molecule has 0 radical (unpaired) electrons. The van der Waals surface area contributed by atoms with Crippen LogP contribution in [0.2, 0.25) is 0 Å². The first kappa shape index (κ1) is 26.3. The maximum Gasteiger partial charge on any atom is 0.343 e. The number of benzene rings is 2.